The van der Waals surface area contributed by atoms with Crippen LogP contribution in [0.3, 0.4) is 0 Å². The third-order valence-electron chi connectivity index (χ3n) is 3.35. The Labute approximate surface area is 119 Å². The van der Waals surface area contributed by atoms with Gasteiger partial charge in [0.2, 0.25) is 5.91 Å². The number of hydroxylamine groups is 2. The van der Waals surface area contributed by atoms with E-state index in [2.05, 4.69) is 15.5 Å². The summed E-state index contributed by atoms with van der Waals surface area (Å²) in [5.41, 5.74) is 2.02. The van der Waals surface area contributed by atoms with E-state index < -0.39 is 0 Å². The van der Waals surface area contributed by atoms with E-state index in [1.807, 2.05) is 25.0 Å². The zero-order chi connectivity index (χ0) is 14.4. The molecule has 1 aromatic rings. The molecule has 0 spiro atoms. The first kappa shape index (κ1) is 15.0. The molecule has 6 nitrogen and oxygen atoms in total. The van der Waals surface area contributed by atoms with Crippen molar-refractivity contribution in [3.63, 3.8) is 0 Å². The molecule has 0 aromatic carbocycles. The standard InChI is InChI=1S/C14H24N4O2/c1-11(9-13-10-12(2)16-17-13)15-14(19)5-7-18-6-3-4-8-20-18/h10-11H,3-9H2,1-2H3,(H,15,19)(H,16,17)/t11-/m1/s1. The van der Waals surface area contributed by atoms with Gasteiger partial charge in [-0.1, -0.05) is 0 Å². The Morgan fingerprint density at radius 2 is 2.45 bits per heavy atom. The molecule has 2 heterocycles. The molecule has 6 heteroatoms. The van der Waals surface area contributed by atoms with Crippen molar-refractivity contribution in [3.8, 4) is 0 Å². The van der Waals surface area contributed by atoms with Crippen LogP contribution in [0.25, 0.3) is 0 Å². The largest absolute Gasteiger partial charge is 0.353 e. The van der Waals surface area contributed by atoms with Gasteiger partial charge in [0.25, 0.3) is 0 Å². The number of nitrogens with one attached hydrogen (secondary N) is 2. The Kier molecular flexibility index (Phi) is 5.55. The molecule has 1 fully saturated rings. The summed E-state index contributed by atoms with van der Waals surface area (Å²) in [4.78, 5) is 17.3. The molecule has 0 radical (unpaired) electrons. The Balaban J connectivity index is 1.65. The van der Waals surface area contributed by atoms with Crippen LogP contribution in [0.1, 0.15) is 37.6 Å². The van der Waals surface area contributed by atoms with Gasteiger partial charge in [-0.15, -0.1) is 0 Å². The lowest BCUT2D eigenvalue weighted by atomic mass is 10.1. The Morgan fingerprint density at radius 1 is 1.60 bits per heavy atom. The lowest BCUT2D eigenvalue weighted by molar-refractivity contribution is -0.181. The SMILES string of the molecule is Cc1cc(C[C@@H](C)NC(=O)CCN2CCCCO2)n[nH]1. The van der Waals surface area contributed by atoms with Crippen LogP contribution >= 0.6 is 0 Å². The number of rotatable bonds is 6. The van der Waals surface area contributed by atoms with Gasteiger partial charge >= 0.3 is 0 Å². The van der Waals surface area contributed by atoms with Crippen LogP contribution in [0.4, 0.5) is 0 Å². The number of nitrogens with zero attached hydrogens (tertiary/aromatic N) is 2. The first-order chi connectivity index (χ1) is 9.63. The molecule has 0 saturated carbocycles. The van der Waals surface area contributed by atoms with Gasteiger partial charge in [-0.3, -0.25) is 14.7 Å². The Bertz CT molecular complexity index is 427. The molecule has 1 amide bonds. The van der Waals surface area contributed by atoms with Crippen LogP contribution in [0, 0.1) is 6.92 Å². The number of aromatic amines is 1. The molecule has 1 aromatic heterocycles. The predicted molar refractivity (Wildman–Crippen MR) is 76.0 cm³/mol. The van der Waals surface area contributed by atoms with Gasteiger partial charge < -0.3 is 5.32 Å². The minimum Gasteiger partial charge on any atom is -0.353 e. The van der Waals surface area contributed by atoms with E-state index in [4.69, 9.17) is 4.84 Å². The molecule has 20 heavy (non-hydrogen) atoms. The number of carbonyl (C=O) groups is 1. The van der Waals surface area contributed by atoms with Gasteiger partial charge in [-0.25, -0.2) is 0 Å². The molecule has 1 aliphatic rings. The highest BCUT2D eigenvalue weighted by Crippen LogP contribution is 2.06. The van der Waals surface area contributed by atoms with Crippen molar-refractivity contribution in [1.29, 1.82) is 0 Å². The summed E-state index contributed by atoms with van der Waals surface area (Å²) in [6.45, 7) is 6.34. The summed E-state index contributed by atoms with van der Waals surface area (Å²) < 4.78 is 0. The van der Waals surface area contributed by atoms with Crippen molar-refractivity contribution < 1.29 is 9.63 Å². The molecule has 0 aliphatic carbocycles. The Hall–Kier alpha value is -1.40. The highest BCUT2D eigenvalue weighted by Gasteiger charge is 2.14. The van der Waals surface area contributed by atoms with E-state index >= 15 is 0 Å². The predicted octanol–water partition coefficient (Wildman–Crippen LogP) is 1.18. The summed E-state index contributed by atoms with van der Waals surface area (Å²) in [6.07, 6.45) is 3.49. The minimum absolute atomic E-state index is 0.0685. The molecular formula is C14H24N4O2. The molecule has 1 atom stereocenters. The molecule has 1 saturated heterocycles. The molecule has 1 aliphatic heterocycles. The minimum atomic E-state index is 0.0685. The number of hydrogen-bond donors (Lipinski definition) is 2. The normalized spacial score (nSPS) is 17.9. The topological polar surface area (TPSA) is 70.2 Å². The summed E-state index contributed by atoms with van der Waals surface area (Å²) in [5.74, 6) is 0.0685. The molecule has 0 bridgehead atoms. The highest BCUT2D eigenvalue weighted by atomic mass is 16.7. The highest BCUT2D eigenvalue weighted by molar-refractivity contribution is 5.76. The zero-order valence-electron chi connectivity index (χ0n) is 12.3. The molecule has 2 rings (SSSR count). The van der Waals surface area contributed by atoms with Crippen molar-refractivity contribution in [2.24, 2.45) is 0 Å². The second kappa shape index (κ2) is 7.40. The number of H-pyrrole nitrogens is 1. The lowest BCUT2D eigenvalue weighted by Crippen LogP contribution is -2.38. The second-order valence-corrected chi connectivity index (χ2v) is 5.43. The van der Waals surface area contributed by atoms with E-state index in [1.54, 1.807) is 0 Å². The average Bonchev–Trinajstić information content (AvgIpc) is 2.83. The van der Waals surface area contributed by atoms with E-state index in [0.717, 1.165) is 43.8 Å². The van der Waals surface area contributed by atoms with Crippen LogP contribution in [0.15, 0.2) is 6.07 Å². The summed E-state index contributed by atoms with van der Waals surface area (Å²) >= 11 is 0. The molecule has 112 valence electrons. The average molecular weight is 280 g/mol. The Morgan fingerprint density at radius 3 is 3.10 bits per heavy atom. The molecule has 0 unspecified atom stereocenters. The van der Waals surface area contributed by atoms with Gasteiger partial charge in [0.05, 0.1) is 12.3 Å². The lowest BCUT2D eigenvalue weighted by Gasteiger charge is -2.25. The van der Waals surface area contributed by atoms with Crippen LogP contribution < -0.4 is 5.32 Å². The number of amides is 1. The molecular weight excluding hydrogens is 256 g/mol. The molecule has 2 N–H and O–H groups in total. The summed E-state index contributed by atoms with van der Waals surface area (Å²) in [5, 5.41) is 12.0. The smallest absolute Gasteiger partial charge is 0.221 e. The first-order valence-corrected chi connectivity index (χ1v) is 7.31. The maximum Gasteiger partial charge on any atom is 0.221 e. The number of aromatic nitrogens is 2. The van der Waals surface area contributed by atoms with Crippen LogP contribution in [0.5, 0.6) is 0 Å². The van der Waals surface area contributed by atoms with Crippen molar-refractivity contribution in [3.05, 3.63) is 17.5 Å². The summed E-state index contributed by atoms with van der Waals surface area (Å²) in [6, 6.07) is 2.09. The van der Waals surface area contributed by atoms with Gasteiger partial charge in [-0.2, -0.15) is 10.2 Å². The van der Waals surface area contributed by atoms with E-state index in [0.29, 0.717) is 13.0 Å². The fourth-order valence-electron chi connectivity index (χ4n) is 2.34. The van der Waals surface area contributed by atoms with E-state index in [9.17, 15) is 4.79 Å². The van der Waals surface area contributed by atoms with Gasteiger partial charge in [0, 0.05) is 37.7 Å². The second-order valence-electron chi connectivity index (χ2n) is 5.43. The van der Waals surface area contributed by atoms with E-state index in [1.165, 1.54) is 0 Å². The zero-order valence-corrected chi connectivity index (χ0v) is 12.3. The first-order valence-electron chi connectivity index (χ1n) is 7.31. The number of hydrogen-bond acceptors (Lipinski definition) is 4. The van der Waals surface area contributed by atoms with Gasteiger partial charge in [-0.05, 0) is 32.8 Å². The van der Waals surface area contributed by atoms with Crippen LogP contribution in [-0.2, 0) is 16.1 Å². The third-order valence-corrected chi connectivity index (χ3v) is 3.35. The van der Waals surface area contributed by atoms with Crippen molar-refractivity contribution in [2.45, 2.75) is 45.6 Å². The number of aryl methyl sites for hydroxylation is 1. The number of carbonyl (C=O) groups excluding carboxylic acids is 1. The van der Waals surface area contributed by atoms with Gasteiger partial charge in [0.15, 0.2) is 0 Å². The van der Waals surface area contributed by atoms with Crippen molar-refractivity contribution in [1.82, 2.24) is 20.6 Å². The van der Waals surface area contributed by atoms with Crippen molar-refractivity contribution >= 4 is 5.91 Å². The van der Waals surface area contributed by atoms with E-state index in [-0.39, 0.29) is 11.9 Å². The maximum atomic E-state index is 11.9. The fraction of sp³-hybridized carbons (Fsp3) is 0.714. The monoisotopic (exact) mass is 280 g/mol. The van der Waals surface area contributed by atoms with Crippen LogP contribution in [-0.4, -0.2) is 46.9 Å². The van der Waals surface area contributed by atoms with Crippen LogP contribution in [0.2, 0.25) is 0 Å². The fourth-order valence-corrected chi connectivity index (χ4v) is 2.34. The van der Waals surface area contributed by atoms with Crippen molar-refractivity contribution in [2.75, 3.05) is 19.7 Å². The maximum absolute atomic E-state index is 11.9. The van der Waals surface area contributed by atoms with Gasteiger partial charge in [0.1, 0.15) is 0 Å². The third kappa shape index (κ3) is 4.94. The quantitative estimate of drug-likeness (QED) is 0.821. The summed E-state index contributed by atoms with van der Waals surface area (Å²) in [7, 11) is 0.